The first-order valence-electron chi connectivity index (χ1n) is 9.38. The van der Waals surface area contributed by atoms with Crippen molar-refractivity contribution >= 4 is 16.8 Å². The number of rotatable bonds is 5. The molecule has 1 aliphatic carbocycles. The quantitative estimate of drug-likeness (QED) is 0.765. The van der Waals surface area contributed by atoms with Crippen molar-refractivity contribution in [2.24, 2.45) is 0 Å². The van der Waals surface area contributed by atoms with Gasteiger partial charge in [-0.15, -0.1) is 5.10 Å². The molecule has 0 bridgehead atoms. The Hall–Kier alpha value is -2.70. The summed E-state index contributed by atoms with van der Waals surface area (Å²) in [4.78, 5) is 14.9. The van der Waals surface area contributed by atoms with Crippen LogP contribution in [-0.2, 0) is 17.8 Å². The number of likely N-dealkylation sites (tertiary alicyclic amines) is 1. The van der Waals surface area contributed by atoms with Gasteiger partial charge in [0.25, 0.3) is 0 Å². The molecule has 3 aromatic rings. The second kappa shape index (κ2) is 6.23. The first kappa shape index (κ1) is 15.5. The molecule has 7 nitrogen and oxygen atoms in total. The fraction of sp³-hybridized carbons (Fsp3) is 0.474. The maximum absolute atomic E-state index is 12.9. The number of hydrogen-bond donors (Lipinski definition) is 1. The molecule has 1 aliphatic heterocycles. The number of fused-ring (bicyclic) bond motifs is 1. The lowest BCUT2D eigenvalue weighted by Crippen LogP contribution is -2.39. The number of nitrogens with one attached hydrogen (secondary N) is 1. The lowest BCUT2D eigenvalue weighted by atomic mass is 10.1. The summed E-state index contributed by atoms with van der Waals surface area (Å²) in [6.07, 6.45) is 8.84. The molecule has 5 rings (SSSR count). The Morgan fingerprint density at radius 1 is 1.27 bits per heavy atom. The van der Waals surface area contributed by atoms with Crippen LogP contribution in [0.5, 0.6) is 0 Å². The van der Waals surface area contributed by atoms with Gasteiger partial charge in [-0.05, 0) is 43.4 Å². The van der Waals surface area contributed by atoms with Crippen molar-refractivity contribution in [1.29, 1.82) is 0 Å². The van der Waals surface area contributed by atoms with Gasteiger partial charge in [0.05, 0.1) is 36.4 Å². The molecule has 0 radical (unpaired) electrons. The molecule has 1 saturated heterocycles. The van der Waals surface area contributed by atoms with E-state index in [9.17, 15) is 4.79 Å². The maximum atomic E-state index is 12.9. The Morgan fingerprint density at radius 3 is 3.08 bits per heavy atom. The predicted octanol–water partition coefficient (Wildman–Crippen LogP) is 2.27. The topological polar surface area (TPSA) is 79.7 Å². The zero-order chi connectivity index (χ0) is 17.5. The number of carbonyl (C=O) groups is 1. The Balaban J connectivity index is 1.27. The van der Waals surface area contributed by atoms with E-state index in [1.165, 1.54) is 12.8 Å². The summed E-state index contributed by atoms with van der Waals surface area (Å²) in [5.74, 6) is 0.806. The van der Waals surface area contributed by atoms with Crippen LogP contribution in [0.3, 0.4) is 0 Å². The SMILES string of the molecule is O=C(Cc1ccc2[nH]ncc2c1)N1CCC[C@H]1Cn1cc(C2CC2)nn1. The minimum Gasteiger partial charge on any atom is -0.338 e. The number of hydrogen-bond acceptors (Lipinski definition) is 4. The minimum absolute atomic E-state index is 0.192. The molecule has 1 amide bonds. The summed E-state index contributed by atoms with van der Waals surface area (Å²) in [6, 6.07) is 6.25. The Bertz CT molecular complexity index is 940. The van der Waals surface area contributed by atoms with Crippen molar-refractivity contribution in [3.8, 4) is 0 Å². The molecule has 134 valence electrons. The van der Waals surface area contributed by atoms with Crippen LogP contribution in [-0.4, -0.2) is 48.6 Å². The largest absolute Gasteiger partial charge is 0.338 e. The van der Waals surface area contributed by atoms with Crippen LogP contribution >= 0.6 is 0 Å². The molecule has 1 saturated carbocycles. The fourth-order valence-electron chi connectivity index (χ4n) is 3.92. The van der Waals surface area contributed by atoms with Crippen molar-refractivity contribution in [2.45, 2.75) is 50.6 Å². The highest BCUT2D eigenvalue weighted by atomic mass is 16.2. The molecule has 1 N–H and O–H groups in total. The highest BCUT2D eigenvalue weighted by molar-refractivity contribution is 5.83. The van der Waals surface area contributed by atoms with Crippen LogP contribution < -0.4 is 0 Å². The predicted molar refractivity (Wildman–Crippen MR) is 96.5 cm³/mol. The van der Waals surface area contributed by atoms with Crippen LogP contribution in [0.2, 0.25) is 0 Å². The van der Waals surface area contributed by atoms with Gasteiger partial charge in [-0.3, -0.25) is 14.6 Å². The summed E-state index contributed by atoms with van der Waals surface area (Å²) in [5, 5.41) is 16.6. The van der Waals surface area contributed by atoms with Gasteiger partial charge in [0.1, 0.15) is 0 Å². The second-order valence-electron chi connectivity index (χ2n) is 7.49. The van der Waals surface area contributed by atoms with Crippen LogP contribution in [0.25, 0.3) is 10.9 Å². The molecule has 7 heteroatoms. The molecule has 1 aromatic carbocycles. The van der Waals surface area contributed by atoms with Gasteiger partial charge in [0, 0.05) is 24.0 Å². The van der Waals surface area contributed by atoms with E-state index in [1.807, 2.05) is 27.8 Å². The summed E-state index contributed by atoms with van der Waals surface area (Å²) < 4.78 is 1.92. The molecule has 1 atom stereocenters. The highest BCUT2D eigenvalue weighted by Crippen LogP contribution is 2.38. The monoisotopic (exact) mass is 350 g/mol. The zero-order valence-electron chi connectivity index (χ0n) is 14.6. The average molecular weight is 350 g/mol. The number of aromatic amines is 1. The molecule has 2 aliphatic rings. The van der Waals surface area contributed by atoms with E-state index in [1.54, 1.807) is 6.20 Å². The first-order valence-corrected chi connectivity index (χ1v) is 9.38. The van der Waals surface area contributed by atoms with E-state index < -0.39 is 0 Å². The van der Waals surface area contributed by atoms with Crippen molar-refractivity contribution in [1.82, 2.24) is 30.1 Å². The van der Waals surface area contributed by atoms with E-state index >= 15 is 0 Å². The summed E-state index contributed by atoms with van der Waals surface area (Å²) in [6.45, 7) is 1.58. The standard InChI is InChI=1S/C19H22N6O/c26-19(9-13-3-6-17-15(8-13)10-20-21-17)25-7-1-2-16(25)11-24-12-18(22-23-24)14-4-5-14/h3,6,8,10,12,14,16H,1-2,4-5,7,9,11H2,(H,20,21)/t16-/m0/s1. The van der Waals surface area contributed by atoms with Gasteiger partial charge >= 0.3 is 0 Å². The first-order chi connectivity index (χ1) is 12.8. The Labute approximate surface area is 151 Å². The van der Waals surface area contributed by atoms with Crippen molar-refractivity contribution in [3.63, 3.8) is 0 Å². The highest BCUT2D eigenvalue weighted by Gasteiger charge is 2.30. The summed E-state index contributed by atoms with van der Waals surface area (Å²) in [5.41, 5.74) is 3.14. The normalized spacial score (nSPS) is 20.2. The van der Waals surface area contributed by atoms with E-state index in [2.05, 4.69) is 26.7 Å². The lowest BCUT2D eigenvalue weighted by Gasteiger charge is -2.24. The molecule has 3 heterocycles. The van der Waals surface area contributed by atoms with E-state index in [-0.39, 0.29) is 11.9 Å². The number of nitrogens with zero attached hydrogens (tertiary/aromatic N) is 5. The third-order valence-electron chi connectivity index (χ3n) is 5.51. The molecule has 26 heavy (non-hydrogen) atoms. The number of H-pyrrole nitrogens is 1. The van der Waals surface area contributed by atoms with Crippen molar-refractivity contribution in [3.05, 3.63) is 41.9 Å². The van der Waals surface area contributed by atoms with Gasteiger partial charge < -0.3 is 4.90 Å². The van der Waals surface area contributed by atoms with E-state index in [0.717, 1.165) is 48.1 Å². The van der Waals surface area contributed by atoms with E-state index in [0.29, 0.717) is 12.3 Å². The molecule has 2 aromatic heterocycles. The number of carbonyl (C=O) groups excluding carboxylic acids is 1. The van der Waals surface area contributed by atoms with Crippen LogP contribution in [0, 0.1) is 0 Å². The van der Waals surface area contributed by atoms with E-state index in [4.69, 9.17) is 0 Å². The van der Waals surface area contributed by atoms with Gasteiger partial charge in [0.2, 0.25) is 5.91 Å². The smallest absolute Gasteiger partial charge is 0.227 e. The minimum atomic E-state index is 0.192. The summed E-state index contributed by atoms with van der Waals surface area (Å²) >= 11 is 0. The molecular weight excluding hydrogens is 328 g/mol. The lowest BCUT2D eigenvalue weighted by molar-refractivity contribution is -0.131. The third kappa shape index (κ3) is 2.98. The van der Waals surface area contributed by atoms with Gasteiger partial charge in [-0.1, -0.05) is 11.3 Å². The number of amides is 1. The van der Waals surface area contributed by atoms with Crippen LogP contribution in [0.4, 0.5) is 0 Å². The zero-order valence-corrected chi connectivity index (χ0v) is 14.6. The number of benzene rings is 1. The summed E-state index contributed by atoms with van der Waals surface area (Å²) in [7, 11) is 0. The van der Waals surface area contributed by atoms with Crippen LogP contribution in [0.15, 0.2) is 30.6 Å². The average Bonchev–Trinajstić information content (AvgIpc) is 3.04. The Kier molecular flexibility index (Phi) is 3.72. The van der Waals surface area contributed by atoms with Gasteiger partial charge in [0.15, 0.2) is 0 Å². The van der Waals surface area contributed by atoms with Crippen molar-refractivity contribution in [2.75, 3.05) is 6.54 Å². The van der Waals surface area contributed by atoms with Crippen LogP contribution in [0.1, 0.15) is 42.9 Å². The molecular formula is C19H22N6O. The van der Waals surface area contributed by atoms with Crippen molar-refractivity contribution < 1.29 is 4.79 Å². The fourth-order valence-corrected chi connectivity index (χ4v) is 3.92. The number of aromatic nitrogens is 5. The Morgan fingerprint density at radius 2 is 2.19 bits per heavy atom. The molecule has 0 spiro atoms. The third-order valence-corrected chi connectivity index (χ3v) is 5.51. The molecule has 0 unspecified atom stereocenters. The van der Waals surface area contributed by atoms with Gasteiger partial charge in [-0.2, -0.15) is 5.10 Å². The molecule has 2 fully saturated rings. The van der Waals surface area contributed by atoms with Gasteiger partial charge in [-0.25, -0.2) is 0 Å². The maximum Gasteiger partial charge on any atom is 0.227 e. The second-order valence-corrected chi connectivity index (χ2v) is 7.49.